The zero-order valence-corrected chi connectivity index (χ0v) is 17.3. The summed E-state index contributed by atoms with van der Waals surface area (Å²) in [4.78, 5) is 15.5. The van der Waals surface area contributed by atoms with E-state index < -0.39 is 0 Å². The van der Waals surface area contributed by atoms with Crippen molar-refractivity contribution in [1.29, 1.82) is 0 Å². The number of nitrogens with one attached hydrogen (secondary N) is 1. The Morgan fingerprint density at radius 1 is 1.22 bits per heavy atom. The van der Waals surface area contributed by atoms with Gasteiger partial charge in [0.1, 0.15) is 0 Å². The lowest BCUT2D eigenvalue weighted by atomic mass is 10.1. The van der Waals surface area contributed by atoms with Crippen molar-refractivity contribution < 1.29 is 4.79 Å². The molecule has 2 bridgehead atoms. The molecule has 2 saturated heterocycles. The highest BCUT2D eigenvalue weighted by molar-refractivity contribution is 6.31. The van der Waals surface area contributed by atoms with Gasteiger partial charge in [-0.05, 0) is 51.3 Å². The van der Waals surface area contributed by atoms with E-state index in [0.29, 0.717) is 18.6 Å². The SMILES string of the molecule is Cc1nn(Cc2ccccc2Cl)c(C)c1C(=O)N1C2CCNCC1CC2.Cl. The maximum absolute atomic E-state index is 13.4. The van der Waals surface area contributed by atoms with Crippen LogP contribution in [-0.4, -0.2) is 45.8 Å². The molecule has 5 nitrogen and oxygen atoms in total. The summed E-state index contributed by atoms with van der Waals surface area (Å²) >= 11 is 6.30. The molecule has 1 aromatic heterocycles. The number of aryl methyl sites for hydroxylation is 1. The van der Waals surface area contributed by atoms with Crippen molar-refractivity contribution >= 4 is 29.9 Å². The Morgan fingerprint density at radius 3 is 2.74 bits per heavy atom. The van der Waals surface area contributed by atoms with Crippen LogP contribution in [0.4, 0.5) is 0 Å². The Hall–Kier alpha value is -1.56. The lowest BCUT2D eigenvalue weighted by molar-refractivity contribution is 0.0678. The first kappa shape index (κ1) is 20.2. The van der Waals surface area contributed by atoms with Crippen LogP contribution >= 0.6 is 24.0 Å². The number of benzene rings is 1. The first-order valence-corrected chi connectivity index (χ1v) is 9.75. The van der Waals surface area contributed by atoms with Crippen molar-refractivity contribution in [2.45, 2.75) is 51.7 Å². The van der Waals surface area contributed by atoms with Crippen molar-refractivity contribution in [3.05, 3.63) is 51.8 Å². The lowest BCUT2D eigenvalue weighted by Gasteiger charge is -2.28. The summed E-state index contributed by atoms with van der Waals surface area (Å²) in [7, 11) is 0. The highest BCUT2D eigenvalue weighted by Crippen LogP contribution is 2.31. The first-order valence-electron chi connectivity index (χ1n) is 9.37. The highest BCUT2D eigenvalue weighted by atomic mass is 35.5. The van der Waals surface area contributed by atoms with Crippen LogP contribution < -0.4 is 5.32 Å². The van der Waals surface area contributed by atoms with Crippen molar-refractivity contribution in [2.75, 3.05) is 13.1 Å². The predicted octanol–water partition coefficient (Wildman–Crippen LogP) is 3.59. The third kappa shape index (κ3) is 3.73. The van der Waals surface area contributed by atoms with Gasteiger partial charge in [0.25, 0.3) is 5.91 Å². The molecule has 0 aliphatic carbocycles. The number of halogens is 2. The van der Waals surface area contributed by atoms with Crippen LogP contribution in [0.25, 0.3) is 0 Å². The van der Waals surface area contributed by atoms with Gasteiger partial charge in [-0.3, -0.25) is 9.48 Å². The normalized spacial score (nSPS) is 21.7. The van der Waals surface area contributed by atoms with Gasteiger partial charge in [0.15, 0.2) is 0 Å². The molecule has 0 saturated carbocycles. The molecule has 1 amide bonds. The topological polar surface area (TPSA) is 50.2 Å². The number of hydrogen-bond acceptors (Lipinski definition) is 3. The van der Waals surface area contributed by atoms with E-state index >= 15 is 0 Å². The number of aromatic nitrogens is 2. The fourth-order valence-electron chi connectivity index (χ4n) is 4.39. The van der Waals surface area contributed by atoms with Gasteiger partial charge in [0.05, 0.1) is 17.8 Å². The largest absolute Gasteiger partial charge is 0.331 e. The second kappa shape index (κ2) is 8.21. The molecular weight excluding hydrogens is 383 g/mol. The fraction of sp³-hybridized carbons (Fsp3) is 0.500. The molecule has 27 heavy (non-hydrogen) atoms. The summed E-state index contributed by atoms with van der Waals surface area (Å²) in [6, 6.07) is 8.44. The third-order valence-corrected chi connectivity index (χ3v) is 6.13. The average molecular weight is 409 g/mol. The van der Waals surface area contributed by atoms with Crippen LogP contribution in [-0.2, 0) is 6.54 Å². The van der Waals surface area contributed by atoms with Crippen LogP contribution in [0.1, 0.15) is 46.6 Å². The van der Waals surface area contributed by atoms with Gasteiger partial charge >= 0.3 is 0 Å². The van der Waals surface area contributed by atoms with Crippen LogP contribution in [0.15, 0.2) is 24.3 Å². The van der Waals surface area contributed by atoms with Crippen molar-refractivity contribution in [1.82, 2.24) is 20.0 Å². The van der Waals surface area contributed by atoms with E-state index in [1.165, 1.54) is 0 Å². The molecule has 0 radical (unpaired) electrons. The van der Waals surface area contributed by atoms with E-state index in [4.69, 9.17) is 11.6 Å². The molecule has 3 heterocycles. The Morgan fingerprint density at radius 2 is 1.96 bits per heavy atom. The molecule has 2 aliphatic rings. The van der Waals surface area contributed by atoms with Crippen molar-refractivity contribution in [3.8, 4) is 0 Å². The van der Waals surface area contributed by atoms with E-state index in [1.54, 1.807) is 0 Å². The van der Waals surface area contributed by atoms with Gasteiger partial charge in [-0.25, -0.2) is 0 Å². The smallest absolute Gasteiger partial charge is 0.258 e. The quantitative estimate of drug-likeness (QED) is 0.843. The lowest BCUT2D eigenvalue weighted by Crippen LogP contribution is -2.42. The number of nitrogens with zero attached hydrogens (tertiary/aromatic N) is 3. The van der Waals surface area contributed by atoms with Crippen molar-refractivity contribution in [3.63, 3.8) is 0 Å². The fourth-order valence-corrected chi connectivity index (χ4v) is 4.59. The van der Waals surface area contributed by atoms with Crippen LogP contribution in [0.3, 0.4) is 0 Å². The number of carbonyl (C=O) groups is 1. The van der Waals surface area contributed by atoms with E-state index in [-0.39, 0.29) is 18.3 Å². The van der Waals surface area contributed by atoms with Gasteiger partial charge in [-0.1, -0.05) is 29.8 Å². The van der Waals surface area contributed by atoms with Gasteiger partial charge < -0.3 is 10.2 Å². The van der Waals surface area contributed by atoms with Crippen LogP contribution in [0.5, 0.6) is 0 Å². The molecule has 1 N–H and O–H groups in total. The van der Waals surface area contributed by atoms with Crippen LogP contribution in [0.2, 0.25) is 5.02 Å². The summed E-state index contributed by atoms with van der Waals surface area (Å²) < 4.78 is 1.90. The molecule has 4 rings (SSSR count). The molecule has 146 valence electrons. The zero-order chi connectivity index (χ0) is 18.3. The summed E-state index contributed by atoms with van der Waals surface area (Å²) in [6.45, 7) is 6.39. The molecule has 2 fully saturated rings. The Bertz CT molecular complexity index is 821. The molecule has 1 aromatic carbocycles. The molecule has 2 aromatic rings. The number of fused-ring (bicyclic) bond motifs is 2. The second-order valence-corrected chi connectivity index (χ2v) is 7.79. The Balaban J connectivity index is 0.00000210. The van der Waals surface area contributed by atoms with Crippen LogP contribution in [0, 0.1) is 13.8 Å². The summed E-state index contributed by atoms with van der Waals surface area (Å²) in [6.07, 6.45) is 3.24. The van der Waals surface area contributed by atoms with Gasteiger partial charge in [0, 0.05) is 29.3 Å². The maximum Gasteiger partial charge on any atom is 0.258 e. The molecule has 2 atom stereocenters. The molecule has 2 aliphatic heterocycles. The number of carbonyl (C=O) groups excluding carboxylic acids is 1. The summed E-state index contributed by atoms with van der Waals surface area (Å²) in [5.41, 5.74) is 3.49. The first-order chi connectivity index (χ1) is 12.6. The average Bonchev–Trinajstić information content (AvgIpc) is 3.03. The maximum atomic E-state index is 13.4. The third-order valence-electron chi connectivity index (χ3n) is 5.76. The Kier molecular flexibility index (Phi) is 6.14. The van der Waals surface area contributed by atoms with E-state index in [9.17, 15) is 4.79 Å². The Labute approximate surface area is 171 Å². The van der Waals surface area contributed by atoms with E-state index in [0.717, 1.165) is 59.9 Å². The highest BCUT2D eigenvalue weighted by Gasteiger charge is 2.39. The number of hydrogen-bond donors (Lipinski definition) is 1. The number of amides is 1. The second-order valence-electron chi connectivity index (χ2n) is 7.39. The summed E-state index contributed by atoms with van der Waals surface area (Å²) in [5, 5.41) is 8.84. The van der Waals surface area contributed by atoms with Gasteiger partial charge in [-0.2, -0.15) is 5.10 Å². The number of rotatable bonds is 3. The van der Waals surface area contributed by atoms with E-state index in [2.05, 4.69) is 15.3 Å². The van der Waals surface area contributed by atoms with Crippen molar-refractivity contribution in [2.24, 2.45) is 0 Å². The predicted molar refractivity (Wildman–Crippen MR) is 110 cm³/mol. The molecule has 7 heteroatoms. The minimum absolute atomic E-state index is 0. The zero-order valence-electron chi connectivity index (χ0n) is 15.7. The van der Waals surface area contributed by atoms with E-state index in [1.807, 2.05) is 42.8 Å². The minimum Gasteiger partial charge on any atom is -0.331 e. The molecular formula is C20H26Cl2N4O. The monoisotopic (exact) mass is 408 g/mol. The molecule has 0 spiro atoms. The van der Waals surface area contributed by atoms with Gasteiger partial charge in [-0.15, -0.1) is 12.4 Å². The minimum atomic E-state index is 0. The van der Waals surface area contributed by atoms with Gasteiger partial charge in [0.2, 0.25) is 0 Å². The summed E-state index contributed by atoms with van der Waals surface area (Å²) in [5.74, 6) is 0.140. The molecule has 2 unspecified atom stereocenters. The standard InChI is InChI=1S/C20H25ClN4O.ClH/c1-13-19(20(26)25-16-7-8-17(25)11-22-10-9-16)14(2)24(23-13)12-15-5-3-4-6-18(15)21;/h3-6,16-17,22H,7-12H2,1-2H3;1H.